The molecule has 0 unspecified atom stereocenters. The number of aliphatic carboxylic acids is 3. The summed E-state index contributed by atoms with van der Waals surface area (Å²) >= 11 is 0. The molecule has 166 valence electrons. The number of carboxylic acids is 3. The minimum Gasteiger partial charge on any atom is -0.478 e. The first-order chi connectivity index (χ1) is 14.1. The Kier molecular flexibility index (Phi) is 17.4. The van der Waals surface area contributed by atoms with Gasteiger partial charge in [0.1, 0.15) is 0 Å². The molecule has 6 nitrogen and oxygen atoms in total. The molecule has 0 bridgehead atoms. The molecular weight excluding hydrogens is 384 g/mol. The maximum atomic E-state index is 10.5. The minimum atomic E-state index is -0.851. The summed E-state index contributed by atoms with van der Waals surface area (Å²) in [5, 5.41) is 25.1. The molecule has 6 heteroatoms. The number of hydrogen-bond donors (Lipinski definition) is 3. The van der Waals surface area contributed by atoms with Crippen LogP contribution in [0.3, 0.4) is 0 Å². The minimum absolute atomic E-state index is 0.389. The molecule has 0 atom stereocenters. The van der Waals surface area contributed by atoms with Gasteiger partial charge in [0, 0.05) is 16.7 Å². The lowest BCUT2D eigenvalue weighted by Gasteiger charge is -1.95. The summed E-state index contributed by atoms with van der Waals surface area (Å²) in [6.45, 7) is 8.57. The maximum Gasteiger partial charge on any atom is 0.330 e. The summed E-state index contributed by atoms with van der Waals surface area (Å²) < 4.78 is 0. The van der Waals surface area contributed by atoms with Crippen LogP contribution in [0.25, 0.3) is 0 Å². The number of benzene rings is 1. The van der Waals surface area contributed by atoms with Crippen LogP contribution in [-0.4, -0.2) is 33.2 Å². The summed E-state index contributed by atoms with van der Waals surface area (Å²) in [5.74, 6) is -2.51. The standard InChI is InChI=1S/C11H12O2.C8H14O2.C5H8O2/c1-9(11(12)13)7-8-10-5-3-2-4-6-10;1-3-4-5-6-7(2)8(9)10;1-3-4(2)5(6)7/h2-7H,8H2,1H3,(H,12,13);6H,3-5H2,1-2H3,(H,9,10);3H,1-2H3,(H,6,7). The van der Waals surface area contributed by atoms with Crippen molar-refractivity contribution in [3.05, 3.63) is 70.8 Å². The summed E-state index contributed by atoms with van der Waals surface area (Å²) in [5.41, 5.74) is 2.36. The topological polar surface area (TPSA) is 112 Å². The molecule has 0 saturated heterocycles. The van der Waals surface area contributed by atoms with Crippen LogP contribution in [0.1, 0.15) is 59.4 Å². The highest BCUT2D eigenvalue weighted by molar-refractivity contribution is 5.86. The fourth-order valence-corrected chi connectivity index (χ4v) is 1.71. The normalized spacial score (nSPS) is 11.4. The van der Waals surface area contributed by atoms with Crippen molar-refractivity contribution in [2.75, 3.05) is 0 Å². The maximum absolute atomic E-state index is 10.5. The second-order valence-corrected chi connectivity index (χ2v) is 6.49. The molecule has 0 fully saturated rings. The number of hydrogen-bond acceptors (Lipinski definition) is 3. The number of carboxylic acid groups (broad SMARTS) is 3. The van der Waals surface area contributed by atoms with E-state index in [1.165, 1.54) is 0 Å². The third-order valence-corrected chi connectivity index (χ3v) is 3.94. The Morgan fingerprint density at radius 1 is 0.800 bits per heavy atom. The van der Waals surface area contributed by atoms with Gasteiger partial charge in [-0.05, 0) is 46.1 Å². The van der Waals surface area contributed by atoms with Gasteiger partial charge >= 0.3 is 17.9 Å². The van der Waals surface area contributed by atoms with Crippen molar-refractivity contribution in [3.8, 4) is 0 Å². The molecule has 3 N–H and O–H groups in total. The molecule has 30 heavy (non-hydrogen) atoms. The number of allylic oxidation sites excluding steroid dienone is 3. The molecule has 1 rings (SSSR count). The molecule has 0 aliphatic rings. The first kappa shape index (κ1) is 29.1. The molecule has 0 aliphatic heterocycles. The summed E-state index contributed by atoms with van der Waals surface area (Å²) in [6.07, 6.45) is 8.80. The Morgan fingerprint density at radius 3 is 1.63 bits per heavy atom. The monoisotopic (exact) mass is 418 g/mol. The molecule has 0 amide bonds. The van der Waals surface area contributed by atoms with Crippen molar-refractivity contribution in [1.29, 1.82) is 0 Å². The van der Waals surface area contributed by atoms with E-state index >= 15 is 0 Å². The van der Waals surface area contributed by atoms with Crippen molar-refractivity contribution < 1.29 is 29.7 Å². The van der Waals surface area contributed by atoms with Crippen LogP contribution in [0, 0.1) is 0 Å². The molecule has 0 aromatic heterocycles. The lowest BCUT2D eigenvalue weighted by molar-refractivity contribution is -0.133. The zero-order valence-corrected chi connectivity index (χ0v) is 18.5. The van der Waals surface area contributed by atoms with Gasteiger partial charge in [0.2, 0.25) is 0 Å². The van der Waals surface area contributed by atoms with Gasteiger partial charge in [0.15, 0.2) is 0 Å². The van der Waals surface area contributed by atoms with Gasteiger partial charge in [-0.15, -0.1) is 0 Å². The van der Waals surface area contributed by atoms with E-state index in [1.54, 1.807) is 45.9 Å². The Balaban J connectivity index is 0. The van der Waals surface area contributed by atoms with Crippen molar-refractivity contribution in [2.45, 2.75) is 60.3 Å². The zero-order valence-electron chi connectivity index (χ0n) is 18.5. The first-order valence-electron chi connectivity index (χ1n) is 9.76. The second kappa shape index (κ2) is 17.9. The van der Waals surface area contributed by atoms with Crippen LogP contribution in [0.4, 0.5) is 0 Å². The quantitative estimate of drug-likeness (QED) is 0.379. The number of rotatable bonds is 8. The molecule has 0 heterocycles. The first-order valence-corrected chi connectivity index (χ1v) is 9.76. The van der Waals surface area contributed by atoms with Gasteiger partial charge in [0.05, 0.1) is 0 Å². The van der Waals surface area contributed by atoms with Crippen molar-refractivity contribution in [2.24, 2.45) is 0 Å². The predicted molar refractivity (Wildman–Crippen MR) is 120 cm³/mol. The Hall–Kier alpha value is -3.15. The van der Waals surface area contributed by atoms with Gasteiger partial charge in [0.25, 0.3) is 0 Å². The Bertz CT molecular complexity index is 742. The van der Waals surface area contributed by atoms with Crippen LogP contribution in [0.5, 0.6) is 0 Å². The van der Waals surface area contributed by atoms with E-state index < -0.39 is 17.9 Å². The second-order valence-electron chi connectivity index (χ2n) is 6.49. The molecule has 1 aromatic rings. The van der Waals surface area contributed by atoms with Gasteiger partial charge in [-0.3, -0.25) is 0 Å². The predicted octanol–water partition coefficient (Wildman–Crippen LogP) is 5.50. The third-order valence-electron chi connectivity index (χ3n) is 3.94. The highest BCUT2D eigenvalue weighted by Crippen LogP contribution is 2.03. The van der Waals surface area contributed by atoms with E-state index in [4.69, 9.17) is 15.3 Å². The molecule has 1 aromatic carbocycles. The lowest BCUT2D eigenvalue weighted by atomic mass is 10.1. The summed E-state index contributed by atoms with van der Waals surface area (Å²) in [6, 6.07) is 9.78. The largest absolute Gasteiger partial charge is 0.478 e. The van der Waals surface area contributed by atoms with Crippen molar-refractivity contribution in [3.63, 3.8) is 0 Å². The molecule has 0 aliphatic carbocycles. The van der Waals surface area contributed by atoms with Crippen LogP contribution in [-0.2, 0) is 20.8 Å². The average Bonchev–Trinajstić information content (AvgIpc) is 2.72. The fourth-order valence-electron chi connectivity index (χ4n) is 1.71. The fraction of sp³-hybridized carbons (Fsp3) is 0.375. The molecular formula is C24H34O6. The van der Waals surface area contributed by atoms with Crippen LogP contribution in [0.2, 0.25) is 0 Å². The highest BCUT2D eigenvalue weighted by Gasteiger charge is 1.98. The van der Waals surface area contributed by atoms with E-state index in [9.17, 15) is 14.4 Å². The van der Waals surface area contributed by atoms with Gasteiger partial charge in [-0.25, -0.2) is 14.4 Å². The SMILES string of the molecule is CC(=CCc1ccccc1)C(=O)O.CC=C(C)C(=O)O.CCCCC=C(C)C(=O)O. The van der Waals surface area contributed by atoms with E-state index in [2.05, 4.69) is 6.92 Å². The van der Waals surface area contributed by atoms with Gasteiger partial charge in [-0.2, -0.15) is 0 Å². The zero-order chi connectivity index (χ0) is 23.5. The molecule has 0 saturated carbocycles. The summed E-state index contributed by atoms with van der Waals surface area (Å²) in [4.78, 5) is 30.5. The van der Waals surface area contributed by atoms with Crippen LogP contribution >= 0.6 is 0 Å². The summed E-state index contributed by atoms with van der Waals surface area (Å²) in [7, 11) is 0. The van der Waals surface area contributed by atoms with Gasteiger partial charge < -0.3 is 15.3 Å². The van der Waals surface area contributed by atoms with Crippen LogP contribution in [0.15, 0.2) is 65.3 Å². The van der Waals surface area contributed by atoms with E-state index in [0.29, 0.717) is 23.1 Å². The molecule has 0 spiro atoms. The van der Waals surface area contributed by atoms with E-state index in [-0.39, 0.29) is 0 Å². The van der Waals surface area contributed by atoms with Crippen LogP contribution < -0.4 is 0 Å². The Labute approximate surface area is 179 Å². The number of unbranched alkanes of at least 4 members (excludes halogenated alkanes) is 2. The van der Waals surface area contributed by atoms with Crippen molar-refractivity contribution in [1.82, 2.24) is 0 Å². The number of carbonyl (C=O) groups is 3. The molecule has 0 radical (unpaired) electrons. The Morgan fingerprint density at radius 2 is 1.27 bits per heavy atom. The van der Waals surface area contributed by atoms with Crippen molar-refractivity contribution >= 4 is 17.9 Å². The van der Waals surface area contributed by atoms with E-state index in [0.717, 1.165) is 24.8 Å². The smallest absolute Gasteiger partial charge is 0.330 e. The highest BCUT2D eigenvalue weighted by atomic mass is 16.4. The van der Waals surface area contributed by atoms with Gasteiger partial charge in [-0.1, -0.05) is 68.3 Å². The average molecular weight is 419 g/mol. The van der Waals surface area contributed by atoms with E-state index in [1.807, 2.05) is 30.3 Å². The lowest BCUT2D eigenvalue weighted by Crippen LogP contribution is -1.96. The third kappa shape index (κ3) is 17.0.